The molecule has 6 amide bonds. The number of β-lactam (4-membered cyclic amide) rings is 1. The van der Waals surface area contributed by atoms with Crippen LogP contribution in [0.15, 0.2) is 96.0 Å². The summed E-state index contributed by atoms with van der Waals surface area (Å²) >= 11 is 0. The molecular formula is C42H52N6O7. The Bertz CT molecular complexity index is 1700. The first kappa shape index (κ1) is 40.5. The van der Waals surface area contributed by atoms with Crippen LogP contribution in [0.1, 0.15) is 69.1 Å². The molecule has 2 fully saturated rings. The number of likely N-dealkylation sites (tertiary alicyclic amines) is 1. The van der Waals surface area contributed by atoms with Crippen LogP contribution in [-0.4, -0.2) is 89.0 Å². The lowest BCUT2D eigenvalue weighted by Crippen LogP contribution is -2.72. The maximum Gasteiger partial charge on any atom is 0.414 e. The first-order valence-electron chi connectivity index (χ1n) is 19.1. The third kappa shape index (κ3) is 11.9. The van der Waals surface area contributed by atoms with E-state index in [-0.39, 0.29) is 43.6 Å². The number of urea groups is 1. The van der Waals surface area contributed by atoms with Gasteiger partial charge < -0.3 is 19.3 Å². The summed E-state index contributed by atoms with van der Waals surface area (Å²) in [6.45, 7) is 5.61. The van der Waals surface area contributed by atoms with Crippen molar-refractivity contribution in [3.05, 3.63) is 108 Å². The van der Waals surface area contributed by atoms with Gasteiger partial charge in [0.15, 0.2) is 0 Å². The molecule has 0 aliphatic carbocycles. The fraction of sp³-hybridized carbons (Fsp3) is 0.429. The van der Waals surface area contributed by atoms with Gasteiger partial charge in [-0.2, -0.15) is 0 Å². The highest BCUT2D eigenvalue weighted by Gasteiger charge is 2.57. The molecule has 0 saturated carbocycles. The monoisotopic (exact) mass is 752 g/mol. The standard InChI is InChI=1S/C42H52N6O7/c1-42(2)35(37(50)48(42)41(53)47-28-26-46(27-29-47)36(49)24-14-6-9-18-32-16-7-3-8-17-32)23-15-25-43-38(44-39(51)54-30-33-19-10-4-11-20-33)45-40(52)55-31-34-21-12-5-13-22-34/h3-5,7-8,10-13,16-17,19-22,35H,6,9,14-15,18,23-31H2,1-2H3,(H2,43,44,45,51,52). The Morgan fingerprint density at radius 3 is 1.73 bits per heavy atom. The number of hydrogen-bond acceptors (Lipinski definition) is 8. The van der Waals surface area contributed by atoms with E-state index in [9.17, 15) is 24.0 Å². The number of nitrogens with zero attached hydrogens (tertiary/aromatic N) is 4. The van der Waals surface area contributed by atoms with Crippen molar-refractivity contribution in [2.45, 2.75) is 77.5 Å². The lowest BCUT2D eigenvalue weighted by atomic mass is 9.73. The molecular weight excluding hydrogens is 700 g/mol. The molecule has 3 aromatic carbocycles. The average molecular weight is 753 g/mol. The zero-order chi connectivity index (χ0) is 39.0. The van der Waals surface area contributed by atoms with Gasteiger partial charge in [-0.05, 0) is 62.6 Å². The SMILES string of the molecule is CC1(C)C(CCCN=C(NC(=O)OCc2ccccc2)NC(=O)OCc2ccccc2)C(=O)N1C(=O)N1CCN(C(=O)CCCCCc2ccccc2)CC1. The third-order valence-corrected chi connectivity index (χ3v) is 10.0. The van der Waals surface area contributed by atoms with Crippen molar-refractivity contribution < 1.29 is 33.4 Å². The number of ether oxygens (including phenoxy) is 2. The van der Waals surface area contributed by atoms with Crippen LogP contribution in [0.2, 0.25) is 0 Å². The van der Waals surface area contributed by atoms with Gasteiger partial charge in [0, 0.05) is 39.1 Å². The lowest BCUT2D eigenvalue weighted by molar-refractivity contribution is -0.161. The molecule has 1 atom stereocenters. The van der Waals surface area contributed by atoms with Gasteiger partial charge in [0.2, 0.25) is 17.8 Å². The van der Waals surface area contributed by atoms with Gasteiger partial charge in [0.1, 0.15) is 13.2 Å². The van der Waals surface area contributed by atoms with Crippen molar-refractivity contribution in [3.63, 3.8) is 0 Å². The van der Waals surface area contributed by atoms with Crippen molar-refractivity contribution >= 4 is 36.0 Å². The number of rotatable bonds is 14. The second-order valence-electron chi connectivity index (χ2n) is 14.3. The summed E-state index contributed by atoms with van der Waals surface area (Å²) in [6.07, 6.45) is 3.64. The Morgan fingerprint density at radius 1 is 0.691 bits per heavy atom. The van der Waals surface area contributed by atoms with Crippen molar-refractivity contribution in [1.82, 2.24) is 25.3 Å². The third-order valence-electron chi connectivity index (χ3n) is 10.0. The molecule has 5 rings (SSSR count). The van der Waals surface area contributed by atoms with Gasteiger partial charge in [-0.3, -0.25) is 30.1 Å². The highest BCUT2D eigenvalue weighted by atomic mass is 16.6. The maximum atomic E-state index is 13.5. The maximum absolute atomic E-state index is 13.5. The van der Waals surface area contributed by atoms with Crippen LogP contribution in [0, 0.1) is 5.92 Å². The van der Waals surface area contributed by atoms with E-state index in [0.29, 0.717) is 45.4 Å². The molecule has 2 N–H and O–H groups in total. The Balaban J connectivity index is 1.05. The van der Waals surface area contributed by atoms with Gasteiger partial charge in [-0.1, -0.05) is 97.4 Å². The first-order valence-corrected chi connectivity index (χ1v) is 19.1. The molecule has 0 spiro atoms. The molecule has 13 nitrogen and oxygen atoms in total. The van der Waals surface area contributed by atoms with Crippen LogP contribution < -0.4 is 10.6 Å². The number of unbranched alkanes of at least 4 members (excludes halogenated alkanes) is 2. The van der Waals surface area contributed by atoms with E-state index < -0.39 is 23.6 Å². The van der Waals surface area contributed by atoms with Crippen LogP contribution in [-0.2, 0) is 38.7 Å². The molecule has 0 radical (unpaired) electrons. The minimum atomic E-state index is -0.810. The number of alkyl carbamates (subject to hydrolysis) is 2. The number of aliphatic imine (C=N–C) groups is 1. The van der Waals surface area contributed by atoms with E-state index in [1.54, 1.807) is 4.90 Å². The Morgan fingerprint density at radius 2 is 1.20 bits per heavy atom. The first-order chi connectivity index (χ1) is 26.6. The minimum absolute atomic E-state index is 0.0240. The molecule has 292 valence electrons. The van der Waals surface area contributed by atoms with E-state index in [1.807, 2.05) is 97.6 Å². The van der Waals surface area contributed by atoms with Crippen LogP contribution >= 0.6 is 0 Å². The smallest absolute Gasteiger partial charge is 0.414 e. The molecule has 1 unspecified atom stereocenters. The summed E-state index contributed by atoms with van der Waals surface area (Å²) in [4.78, 5) is 74.0. The molecule has 2 aliphatic rings. The summed E-state index contributed by atoms with van der Waals surface area (Å²) in [5.41, 5.74) is 2.18. The van der Waals surface area contributed by atoms with Crippen molar-refractivity contribution in [2.75, 3.05) is 32.7 Å². The number of carbonyl (C=O) groups is 5. The normalized spacial score (nSPS) is 16.1. The van der Waals surface area contributed by atoms with Gasteiger partial charge in [-0.25, -0.2) is 14.4 Å². The Labute approximate surface area is 323 Å². The summed E-state index contributed by atoms with van der Waals surface area (Å²) in [5.74, 6) is -0.699. The van der Waals surface area contributed by atoms with Crippen LogP contribution in [0.5, 0.6) is 0 Å². The highest BCUT2D eigenvalue weighted by Crippen LogP contribution is 2.41. The van der Waals surface area contributed by atoms with Gasteiger partial charge in [0.05, 0.1) is 11.5 Å². The number of piperazine rings is 1. The molecule has 2 saturated heterocycles. The summed E-state index contributed by atoms with van der Waals surface area (Å²) in [6, 6.07) is 28.3. The largest absolute Gasteiger partial charge is 0.444 e. The topological polar surface area (TPSA) is 150 Å². The predicted molar refractivity (Wildman–Crippen MR) is 208 cm³/mol. The second-order valence-corrected chi connectivity index (χ2v) is 14.3. The number of imide groups is 1. The zero-order valence-electron chi connectivity index (χ0n) is 31.8. The molecule has 55 heavy (non-hydrogen) atoms. The Kier molecular flexibility index (Phi) is 14.8. The van der Waals surface area contributed by atoms with Crippen molar-refractivity contribution in [3.8, 4) is 0 Å². The molecule has 13 heteroatoms. The number of carbonyl (C=O) groups excluding carboxylic acids is 5. The van der Waals surface area contributed by atoms with Crippen LogP contribution in [0.3, 0.4) is 0 Å². The highest BCUT2D eigenvalue weighted by molar-refractivity contribution is 6.03. The second kappa shape index (κ2) is 20.1. The summed E-state index contributed by atoms with van der Waals surface area (Å²) in [7, 11) is 0. The van der Waals surface area contributed by atoms with Gasteiger partial charge in [-0.15, -0.1) is 0 Å². The van der Waals surface area contributed by atoms with E-state index >= 15 is 0 Å². The minimum Gasteiger partial charge on any atom is -0.444 e. The van der Waals surface area contributed by atoms with Crippen molar-refractivity contribution in [2.24, 2.45) is 10.9 Å². The molecule has 0 bridgehead atoms. The number of guanidine groups is 1. The number of nitrogens with one attached hydrogen (secondary N) is 2. The summed E-state index contributed by atoms with van der Waals surface area (Å²) < 4.78 is 10.6. The summed E-state index contributed by atoms with van der Waals surface area (Å²) in [5, 5.41) is 4.95. The van der Waals surface area contributed by atoms with E-state index in [4.69, 9.17) is 9.47 Å². The lowest BCUT2D eigenvalue weighted by Gasteiger charge is -2.54. The zero-order valence-corrected chi connectivity index (χ0v) is 31.8. The number of benzene rings is 3. The van der Waals surface area contributed by atoms with E-state index in [1.165, 1.54) is 10.5 Å². The fourth-order valence-corrected chi connectivity index (χ4v) is 6.83. The molecule has 0 aromatic heterocycles. The predicted octanol–water partition coefficient (Wildman–Crippen LogP) is 6.28. The van der Waals surface area contributed by atoms with E-state index in [2.05, 4.69) is 27.8 Å². The average Bonchev–Trinajstić information content (AvgIpc) is 3.20. The van der Waals surface area contributed by atoms with Gasteiger partial charge >= 0.3 is 18.2 Å². The number of hydrogen-bond donors (Lipinski definition) is 2. The van der Waals surface area contributed by atoms with Crippen LogP contribution in [0.4, 0.5) is 14.4 Å². The van der Waals surface area contributed by atoms with Gasteiger partial charge in [0.25, 0.3) is 0 Å². The molecule has 2 aliphatic heterocycles. The Hall–Kier alpha value is -5.72. The number of amides is 6. The molecule has 2 heterocycles. The number of aryl methyl sites for hydroxylation is 1. The van der Waals surface area contributed by atoms with Crippen LogP contribution in [0.25, 0.3) is 0 Å². The molecule has 3 aromatic rings. The fourth-order valence-electron chi connectivity index (χ4n) is 6.83. The quantitative estimate of drug-likeness (QED) is 0.0852. The van der Waals surface area contributed by atoms with Crippen molar-refractivity contribution in [1.29, 1.82) is 0 Å². The van der Waals surface area contributed by atoms with E-state index in [0.717, 1.165) is 36.8 Å².